The van der Waals surface area contributed by atoms with Gasteiger partial charge in [0, 0.05) is 16.7 Å². The fourth-order valence-corrected chi connectivity index (χ4v) is 6.27. The van der Waals surface area contributed by atoms with Crippen LogP contribution in [-0.2, 0) is 39.3 Å². The van der Waals surface area contributed by atoms with E-state index in [9.17, 15) is 0 Å². The van der Waals surface area contributed by atoms with Crippen LogP contribution < -0.4 is 85.6 Å². The van der Waals surface area contributed by atoms with Crippen LogP contribution in [0.1, 0.15) is 50.1 Å². The molecule has 0 atom stereocenters. The molecule has 12 bridgehead atoms. The Balaban J connectivity index is 0.00000147. The van der Waals surface area contributed by atoms with Crippen molar-refractivity contribution in [2.75, 3.05) is 0 Å². The molecule has 12 heteroatoms. The lowest BCUT2D eigenvalue weighted by atomic mass is 9.87. The maximum absolute atomic E-state index is 2.37. The molecule has 0 radical (unpaired) electrons. The zero-order valence-electron chi connectivity index (χ0n) is 24.0. The lowest BCUT2D eigenvalue weighted by molar-refractivity contribution is -0.689. The molecule has 0 aliphatic carbocycles. The SMILES string of the molecule is Cc1c2c(C)c3c(C)c1Cn1cc[n+](c1)Cc1cc(cc(c1)C[n+]1ccn(c1)C3)C[n+]1ccn(c1)C2.O.O.O.[I-].[I-].[I-]. The van der Waals surface area contributed by atoms with Crippen LogP contribution in [0.15, 0.2) is 74.4 Å². The molecule has 6 N–H and O–H groups in total. The molecular formula is C30H39I3N6O3. The van der Waals surface area contributed by atoms with Gasteiger partial charge in [0.15, 0.2) is 0 Å². The van der Waals surface area contributed by atoms with Gasteiger partial charge in [-0.05, 0) is 72.4 Å². The Kier molecular flexibility index (Phi) is 13.8. The third-order valence-corrected chi connectivity index (χ3v) is 8.18. The largest absolute Gasteiger partial charge is 1.00 e. The summed E-state index contributed by atoms with van der Waals surface area (Å²) in [4.78, 5) is 0. The summed E-state index contributed by atoms with van der Waals surface area (Å²) >= 11 is 0. The number of rotatable bonds is 0. The van der Waals surface area contributed by atoms with E-state index in [1.807, 2.05) is 0 Å². The number of nitrogens with zero attached hydrogens (tertiary/aromatic N) is 6. The molecule has 2 aromatic carbocycles. The van der Waals surface area contributed by atoms with Crippen molar-refractivity contribution >= 4 is 0 Å². The summed E-state index contributed by atoms with van der Waals surface area (Å²) in [6.07, 6.45) is 20.1. The van der Waals surface area contributed by atoms with Crippen molar-refractivity contribution in [2.24, 2.45) is 0 Å². The highest BCUT2D eigenvalue weighted by Crippen LogP contribution is 2.29. The van der Waals surface area contributed by atoms with E-state index in [-0.39, 0.29) is 88.4 Å². The standard InChI is InChI=1S/C30H33N6.3HI.3H2O/c1-22-28-16-34-7-4-31(19-34)13-25-10-26-12-27(11-25)15-33-6-9-36(21-33)18-30(23(28)2)24(3)29(22)17-35-8-5-32(14-26)20-35;;;;;;/h4-12,19-21H,13-18H2,1-3H3;3*1H;3*1H2/q+3;;;;;;/p-3. The van der Waals surface area contributed by atoms with Crippen molar-refractivity contribution in [1.82, 2.24) is 13.7 Å². The molecule has 0 unspecified atom stereocenters. The molecular weight excluding hydrogens is 873 g/mol. The maximum Gasteiger partial charge on any atom is 0.244 e. The molecule has 0 saturated heterocycles. The van der Waals surface area contributed by atoms with Gasteiger partial charge in [0.2, 0.25) is 19.0 Å². The summed E-state index contributed by atoms with van der Waals surface area (Å²) < 4.78 is 14.0. The first kappa shape index (κ1) is 38.2. The van der Waals surface area contributed by atoms with E-state index in [4.69, 9.17) is 0 Å². The van der Waals surface area contributed by atoms with Crippen LogP contribution in [0.5, 0.6) is 0 Å². The molecule has 0 fully saturated rings. The normalized spacial score (nSPS) is 12.4. The van der Waals surface area contributed by atoms with Gasteiger partial charge in [0.1, 0.15) is 76.4 Å². The summed E-state index contributed by atoms with van der Waals surface area (Å²) in [5.74, 6) is 0. The maximum atomic E-state index is 2.37. The van der Waals surface area contributed by atoms with Crippen molar-refractivity contribution in [3.05, 3.63) is 124 Å². The Bertz CT molecular complexity index is 1440. The molecule has 3 aromatic heterocycles. The molecule has 6 heterocycles. The first-order valence-corrected chi connectivity index (χ1v) is 12.8. The second kappa shape index (κ2) is 15.2. The summed E-state index contributed by atoms with van der Waals surface area (Å²) in [7, 11) is 0. The third-order valence-electron chi connectivity index (χ3n) is 8.18. The van der Waals surface area contributed by atoms with Gasteiger partial charge in [0.25, 0.3) is 0 Å². The number of halogens is 3. The molecule has 9 nitrogen and oxygen atoms in total. The number of benzene rings is 2. The Morgan fingerprint density at radius 2 is 0.738 bits per heavy atom. The molecule has 0 spiro atoms. The number of aromatic nitrogens is 6. The van der Waals surface area contributed by atoms with E-state index in [0.717, 1.165) is 39.3 Å². The average molecular weight is 912 g/mol. The van der Waals surface area contributed by atoms with Gasteiger partial charge in [-0.15, -0.1) is 0 Å². The van der Waals surface area contributed by atoms with E-state index in [2.05, 4.69) is 123 Å². The third kappa shape index (κ3) is 7.26. The summed E-state index contributed by atoms with van der Waals surface area (Å²) in [5, 5.41) is 0. The first-order chi connectivity index (χ1) is 17.5. The Morgan fingerprint density at radius 1 is 0.476 bits per heavy atom. The van der Waals surface area contributed by atoms with Gasteiger partial charge in [-0.3, -0.25) is 0 Å². The molecule has 8 rings (SSSR count). The van der Waals surface area contributed by atoms with Crippen LogP contribution in [0.4, 0.5) is 0 Å². The molecule has 228 valence electrons. The molecule has 0 amide bonds. The monoisotopic (exact) mass is 912 g/mol. The minimum absolute atomic E-state index is 0. The summed E-state index contributed by atoms with van der Waals surface area (Å²) in [5.41, 5.74) is 12.6. The predicted octanol–water partition coefficient (Wildman–Crippen LogP) is -8.67. The van der Waals surface area contributed by atoms with E-state index in [0.29, 0.717) is 0 Å². The molecule has 5 aromatic rings. The van der Waals surface area contributed by atoms with E-state index >= 15 is 0 Å². The zero-order valence-corrected chi connectivity index (χ0v) is 30.5. The fourth-order valence-electron chi connectivity index (χ4n) is 6.27. The second-order valence-electron chi connectivity index (χ2n) is 10.7. The van der Waals surface area contributed by atoms with Gasteiger partial charge in [-0.25, -0.2) is 27.4 Å². The topological polar surface area (TPSA) is 121 Å². The number of hydrogen-bond acceptors (Lipinski definition) is 0. The average Bonchev–Trinajstić information content (AvgIpc) is 3.58. The quantitative estimate of drug-likeness (QED) is 0.106. The van der Waals surface area contributed by atoms with Crippen molar-refractivity contribution in [3.63, 3.8) is 0 Å². The Hall–Kier alpha value is -1.86. The Morgan fingerprint density at radius 3 is 1.00 bits per heavy atom. The van der Waals surface area contributed by atoms with Crippen LogP contribution in [0.25, 0.3) is 0 Å². The van der Waals surface area contributed by atoms with Crippen LogP contribution in [-0.4, -0.2) is 30.1 Å². The molecule has 3 aliphatic heterocycles. The van der Waals surface area contributed by atoms with Crippen LogP contribution >= 0.6 is 0 Å². The Labute approximate surface area is 297 Å². The van der Waals surface area contributed by atoms with Crippen LogP contribution in [0, 0.1) is 20.8 Å². The zero-order chi connectivity index (χ0) is 24.4. The second-order valence-corrected chi connectivity index (χ2v) is 10.7. The highest BCUT2D eigenvalue weighted by molar-refractivity contribution is 5.51. The van der Waals surface area contributed by atoms with Crippen molar-refractivity contribution in [1.29, 1.82) is 0 Å². The van der Waals surface area contributed by atoms with E-state index in [1.165, 1.54) is 50.1 Å². The van der Waals surface area contributed by atoms with Gasteiger partial charge in [-0.2, -0.15) is 0 Å². The molecule has 3 aliphatic rings. The van der Waals surface area contributed by atoms with Crippen LogP contribution in [0.3, 0.4) is 0 Å². The smallest absolute Gasteiger partial charge is 0.244 e. The van der Waals surface area contributed by atoms with E-state index < -0.39 is 0 Å². The minimum Gasteiger partial charge on any atom is -1.00 e. The van der Waals surface area contributed by atoms with Gasteiger partial charge in [0.05, 0.1) is 0 Å². The van der Waals surface area contributed by atoms with Crippen molar-refractivity contribution < 1.29 is 102 Å². The first-order valence-electron chi connectivity index (χ1n) is 12.8. The molecule has 42 heavy (non-hydrogen) atoms. The van der Waals surface area contributed by atoms with Crippen molar-refractivity contribution in [3.8, 4) is 0 Å². The summed E-state index contributed by atoms with van der Waals surface area (Å²) in [6, 6.07) is 7.11. The summed E-state index contributed by atoms with van der Waals surface area (Å²) in [6.45, 7) is 12.2. The number of imidazole rings is 3. The lowest BCUT2D eigenvalue weighted by Crippen LogP contribution is -3.00. The predicted molar refractivity (Wildman–Crippen MR) is 146 cm³/mol. The van der Waals surface area contributed by atoms with Gasteiger partial charge >= 0.3 is 0 Å². The number of hydrogen-bond donors (Lipinski definition) is 0. The van der Waals surface area contributed by atoms with Gasteiger partial charge < -0.3 is 88.4 Å². The lowest BCUT2D eigenvalue weighted by Gasteiger charge is -2.20. The fraction of sp³-hybridized carbons (Fsp3) is 0.300. The van der Waals surface area contributed by atoms with Crippen molar-refractivity contribution in [2.45, 2.75) is 60.0 Å². The van der Waals surface area contributed by atoms with E-state index in [1.54, 1.807) is 0 Å². The highest BCUT2D eigenvalue weighted by atomic mass is 127. The minimum atomic E-state index is 0. The van der Waals surface area contributed by atoms with Gasteiger partial charge in [-0.1, -0.05) is 0 Å². The van der Waals surface area contributed by atoms with Crippen LogP contribution in [0.2, 0.25) is 0 Å². The molecule has 0 saturated carbocycles. The highest BCUT2D eigenvalue weighted by Gasteiger charge is 2.23.